The molecule has 6 nitrogen and oxygen atoms in total. The van der Waals surface area contributed by atoms with Gasteiger partial charge in [0.25, 0.3) is 0 Å². The first-order valence-electron chi connectivity index (χ1n) is 7.95. The first-order valence-corrected chi connectivity index (χ1v) is 8.83. The molecule has 0 saturated carbocycles. The Hall–Kier alpha value is -1.86. The molecule has 0 aliphatic carbocycles. The molecule has 3 rings (SSSR count). The Balaban J connectivity index is 1.81. The molecule has 3 N–H and O–H groups in total. The normalized spacial score (nSPS) is 23.8. The number of amides is 2. The van der Waals surface area contributed by atoms with E-state index in [1.807, 2.05) is 11.3 Å². The summed E-state index contributed by atoms with van der Waals surface area (Å²) < 4.78 is 5.11. The number of hydrogen-bond acceptors (Lipinski definition) is 4. The van der Waals surface area contributed by atoms with E-state index in [4.69, 9.17) is 4.74 Å². The highest BCUT2D eigenvalue weighted by atomic mass is 32.1. The SMILES string of the molecule is CCOC(=O)C1=C(C[NH+]2CCc3sccc3[C@H]2C)NC(=O)NC1. The molecule has 2 aliphatic heterocycles. The van der Waals surface area contributed by atoms with Gasteiger partial charge in [-0.15, -0.1) is 11.3 Å². The van der Waals surface area contributed by atoms with Crippen molar-refractivity contribution in [3.63, 3.8) is 0 Å². The smallest absolute Gasteiger partial charge is 0.337 e. The Morgan fingerprint density at radius 1 is 1.52 bits per heavy atom. The fraction of sp³-hybridized carbons (Fsp3) is 0.500. The molecule has 0 radical (unpaired) electrons. The van der Waals surface area contributed by atoms with Crippen LogP contribution in [0, 0.1) is 0 Å². The van der Waals surface area contributed by atoms with Gasteiger partial charge in [-0.05, 0) is 25.3 Å². The number of rotatable bonds is 4. The molecule has 0 spiro atoms. The summed E-state index contributed by atoms with van der Waals surface area (Å²) in [5, 5.41) is 7.59. The Morgan fingerprint density at radius 3 is 3.13 bits per heavy atom. The minimum absolute atomic E-state index is 0.228. The molecule has 0 aromatic carbocycles. The zero-order valence-electron chi connectivity index (χ0n) is 13.4. The summed E-state index contributed by atoms with van der Waals surface area (Å²) in [5.74, 6) is -0.352. The summed E-state index contributed by atoms with van der Waals surface area (Å²) in [5.41, 5.74) is 2.60. The monoisotopic (exact) mass is 336 g/mol. The quantitative estimate of drug-likeness (QED) is 0.696. The van der Waals surface area contributed by atoms with Gasteiger partial charge in [0, 0.05) is 16.9 Å². The van der Waals surface area contributed by atoms with E-state index in [-0.39, 0.29) is 18.5 Å². The number of carbonyl (C=O) groups is 2. The van der Waals surface area contributed by atoms with Gasteiger partial charge in [0.05, 0.1) is 31.0 Å². The average Bonchev–Trinajstić information content (AvgIpc) is 3.00. The topological polar surface area (TPSA) is 71.9 Å². The highest BCUT2D eigenvalue weighted by Crippen LogP contribution is 2.24. The van der Waals surface area contributed by atoms with E-state index in [2.05, 4.69) is 29.0 Å². The highest BCUT2D eigenvalue weighted by Gasteiger charge is 2.32. The van der Waals surface area contributed by atoms with Crippen LogP contribution in [0.15, 0.2) is 22.7 Å². The van der Waals surface area contributed by atoms with Crippen molar-refractivity contribution in [3.05, 3.63) is 33.2 Å². The summed E-state index contributed by atoms with van der Waals surface area (Å²) in [6.45, 7) is 6.16. The maximum Gasteiger partial charge on any atom is 0.337 e. The number of urea groups is 1. The zero-order valence-corrected chi connectivity index (χ0v) is 14.2. The van der Waals surface area contributed by atoms with Crippen molar-refractivity contribution in [3.8, 4) is 0 Å². The van der Waals surface area contributed by atoms with Crippen LogP contribution < -0.4 is 15.5 Å². The van der Waals surface area contributed by atoms with Crippen molar-refractivity contribution in [1.29, 1.82) is 0 Å². The van der Waals surface area contributed by atoms with Crippen LogP contribution in [0.3, 0.4) is 0 Å². The Bertz CT molecular complexity index is 653. The zero-order chi connectivity index (χ0) is 16.4. The fourth-order valence-electron chi connectivity index (χ4n) is 3.22. The first kappa shape index (κ1) is 16.0. The fourth-order valence-corrected chi connectivity index (χ4v) is 4.19. The predicted molar refractivity (Wildman–Crippen MR) is 87.3 cm³/mol. The van der Waals surface area contributed by atoms with Crippen LogP contribution in [0.1, 0.15) is 30.3 Å². The van der Waals surface area contributed by atoms with Gasteiger partial charge in [-0.2, -0.15) is 0 Å². The van der Waals surface area contributed by atoms with Crippen molar-refractivity contribution in [2.24, 2.45) is 0 Å². The Morgan fingerprint density at radius 2 is 2.35 bits per heavy atom. The molecule has 0 bridgehead atoms. The van der Waals surface area contributed by atoms with E-state index in [1.54, 1.807) is 6.92 Å². The van der Waals surface area contributed by atoms with Gasteiger partial charge in [-0.25, -0.2) is 9.59 Å². The van der Waals surface area contributed by atoms with Gasteiger partial charge in [-0.1, -0.05) is 0 Å². The van der Waals surface area contributed by atoms with E-state index in [1.165, 1.54) is 15.3 Å². The lowest BCUT2D eigenvalue weighted by atomic mass is 10.0. The maximum atomic E-state index is 12.1. The third-order valence-corrected chi connectivity index (χ3v) is 5.51. The summed E-state index contributed by atoms with van der Waals surface area (Å²) in [7, 11) is 0. The number of thiophene rings is 1. The molecule has 2 atom stereocenters. The molecule has 7 heteroatoms. The van der Waals surface area contributed by atoms with E-state index in [0.717, 1.165) is 13.0 Å². The van der Waals surface area contributed by atoms with Crippen LogP contribution >= 0.6 is 11.3 Å². The number of quaternary nitrogens is 1. The Kier molecular flexibility index (Phi) is 4.68. The lowest BCUT2D eigenvalue weighted by Gasteiger charge is -2.32. The molecule has 1 aromatic rings. The van der Waals surface area contributed by atoms with Crippen molar-refractivity contribution in [1.82, 2.24) is 10.6 Å². The minimum atomic E-state index is -0.352. The van der Waals surface area contributed by atoms with Gasteiger partial charge in [0.2, 0.25) is 0 Å². The molecular formula is C16H22N3O3S+. The van der Waals surface area contributed by atoms with Crippen molar-refractivity contribution < 1.29 is 19.2 Å². The lowest BCUT2D eigenvalue weighted by Crippen LogP contribution is -3.13. The Labute approximate surface area is 139 Å². The van der Waals surface area contributed by atoms with Gasteiger partial charge in [-0.3, -0.25) is 0 Å². The number of esters is 1. The third kappa shape index (κ3) is 3.25. The van der Waals surface area contributed by atoms with Crippen molar-refractivity contribution in [2.75, 3.05) is 26.2 Å². The second kappa shape index (κ2) is 6.72. The number of carbonyl (C=O) groups excluding carboxylic acids is 2. The van der Waals surface area contributed by atoms with Gasteiger partial charge < -0.3 is 20.3 Å². The van der Waals surface area contributed by atoms with Crippen LogP contribution in [0.25, 0.3) is 0 Å². The second-order valence-electron chi connectivity index (χ2n) is 5.84. The van der Waals surface area contributed by atoms with Crippen molar-refractivity contribution >= 4 is 23.3 Å². The maximum absolute atomic E-state index is 12.1. The molecular weight excluding hydrogens is 314 g/mol. The first-order chi connectivity index (χ1) is 11.1. The predicted octanol–water partition coefficient (Wildman–Crippen LogP) is 0.380. The number of fused-ring (bicyclic) bond motifs is 1. The van der Waals surface area contributed by atoms with Crippen LogP contribution in [-0.4, -0.2) is 38.2 Å². The van der Waals surface area contributed by atoms with Crippen LogP contribution in [0.2, 0.25) is 0 Å². The van der Waals surface area contributed by atoms with Gasteiger partial charge >= 0.3 is 12.0 Å². The number of nitrogens with one attached hydrogen (secondary N) is 3. The lowest BCUT2D eigenvalue weighted by molar-refractivity contribution is -0.927. The molecule has 1 aromatic heterocycles. The molecule has 1 unspecified atom stereocenters. The van der Waals surface area contributed by atoms with Gasteiger partial charge in [0.15, 0.2) is 0 Å². The second-order valence-corrected chi connectivity index (χ2v) is 6.84. The molecule has 2 amide bonds. The van der Waals surface area contributed by atoms with Crippen LogP contribution in [0.4, 0.5) is 4.79 Å². The molecule has 3 heterocycles. The van der Waals surface area contributed by atoms with E-state index >= 15 is 0 Å². The molecule has 0 saturated heterocycles. The molecule has 124 valence electrons. The summed E-state index contributed by atoms with van der Waals surface area (Å²) in [4.78, 5) is 26.6. The number of hydrogen-bond donors (Lipinski definition) is 3. The summed E-state index contributed by atoms with van der Waals surface area (Å²) in [6.07, 6.45) is 1.04. The highest BCUT2D eigenvalue weighted by molar-refractivity contribution is 7.10. The standard InChI is InChI=1S/C16H21N3O3S/c1-3-22-15(20)12-8-17-16(21)18-13(12)9-19-6-4-14-11(10(19)2)5-7-23-14/h5,7,10H,3-4,6,8-9H2,1-2H3,(H2,17,18,21)/p+1/t10-/m1/s1. The summed E-state index contributed by atoms with van der Waals surface area (Å²) >= 11 is 1.81. The van der Waals surface area contributed by atoms with Crippen LogP contribution in [-0.2, 0) is 16.0 Å². The molecule has 23 heavy (non-hydrogen) atoms. The van der Waals surface area contributed by atoms with Crippen molar-refractivity contribution in [2.45, 2.75) is 26.3 Å². The van der Waals surface area contributed by atoms with E-state index < -0.39 is 0 Å². The largest absolute Gasteiger partial charge is 0.463 e. The van der Waals surface area contributed by atoms with Gasteiger partial charge in [0.1, 0.15) is 12.6 Å². The minimum Gasteiger partial charge on any atom is -0.463 e. The molecule has 0 fully saturated rings. The molecule has 2 aliphatic rings. The van der Waals surface area contributed by atoms with E-state index in [0.29, 0.717) is 30.5 Å². The van der Waals surface area contributed by atoms with E-state index in [9.17, 15) is 9.59 Å². The third-order valence-electron chi connectivity index (χ3n) is 4.51. The number of ether oxygens (including phenoxy) is 1. The van der Waals surface area contributed by atoms with Crippen LogP contribution in [0.5, 0.6) is 0 Å². The summed E-state index contributed by atoms with van der Waals surface area (Å²) in [6, 6.07) is 2.28. The average molecular weight is 336 g/mol.